The average Bonchev–Trinajstić information content (AvgIpc) is 2.54. The maximum Gasteiger partial charge on any atom is 0.0502 e. The molecule has 1 aromatic rings. The number of hydrogen-bond acceptors (Lipinski definition) is 3. The number of benzene rings is 1. The maximum absolute atomic E-state index is 6.51. The molecule has 3 heteroatoms. The van der Waals surface area contributed by atoms with Gasteiger partial charge in [-0.2, -0.15) is 0 Å². The van der Waals surface area contributed by atoms with E-state index < -0.39 is 0 Å². The Balaban J connectivity index is 1.98. The van der Waals surface area contributed by atoms with Gasteiger partial charge in [-0.25, -0.2) is 0 Å². The number of likely N-dealkylation sites (tertiary alicyclic amines) is 1. The number of ether oxygens (including phenoxy) is 1. The van der Waals surface area contributed by atoms with Crippen LogP contribution in [0.15, 0.2) is 24.3 Å². The molecule has 0 aliphatic carbocycles. The molecule has 3 atom stereocenters. The van der Waals surface area contributed by atoms with Crippen molar-refractivity contribution < 1.29 is 4.74 Å². The van der Waals surface area contributed by atoms with Crippen molar-refractivity contribution in [2.45, 2.75) is 45.2 Å². The van der Waals surface area contributed by atoms with Crippen molar-refractivity contribution in [1.82, 2.24) is 4.90 Å². The highest BCUT2D eigenvalue weighted by molar-refractivity contribution is 5.25. The Morgan fingerprint density at radius 3 is 2.67 bits per heavy atom. The minimum atomic E-state index is 0.0807. The third kappa shape index (κ3) is 4.29. The van der Waals surface area contributed by atoms with Crippen molar-refractivity contribution in [3.8, 4) is 0 Å². The standard InChI is InChI=1S/C18H30N2O/c1-4-15-7-9-17(10-8-15)18(19)14(2)20-11-5-6-16(12-20)13-21-3/h7-10,14,16,18H,4-6,11-13,19H2,1-3H3. The van der Waals surface area contributed by atoms with Crippen LogP contribution in [0.3, 0.4) is 0 Å². The first kappa shape index (κ1) is 16.5. The fourth-order valence-electron chi connectivity index (χ4n) is 3.32. The van der Waals surface area contributed by atoms with Crippen LogP contribution < -0.4 is 5.73 Å². The summed E-state index contributed by atoms with van der Waals surface area (Å²) in [6.07, 6.45) is 3.60. The quantitative estimate of drug-likeness (QED) is 0.875. The Morgan fingerprint density at radius 2 is 2.05 bits per heavy atom. The molecule has 0 spiro atoms. The van der Waals surface area contributed by atoms with E-state index in [2.05, 4.69) is 43.0 Å². The number of methoxy groups -OCH3 is 1. The van der Waals surface area contributed by atoms with Gasteiger partial charge >= 0.3 is 0 Å². The molecule has 0 bridgehead atoms. The summed E-state index contributed by atoms with van der Waals surface area (Å²) in [5.41, 5.74) is 9.12. The van der Waals surface area contributed by atoms with Crippen LogP contribution in [0.2, 0.25) is 0 Å². The van der Waals surface area contributed by atoms with Gasteiger partial charge in [0.05, 0.1) is 6.61 Å². The third-order valence-electron chi connectivity index (χ3n) is 4.82. The molecule has 1 fully saturated rings. The van der Waals surface area contributed by atoms with Crippen LogP contribution in [-0.2, 0) is 11.2 Å². The Kier molecular flexibility index (Phi) is 6.22. The summed E-state index contributed by atoms with van der Waals surface area (Å²) < 4.78 is 5.32. The second kappa shape index (κ2) is 7.92. The van der Waals surface area contributed by atoms with E-state index in [-0.39, 0.29) is 6.04 Å². The summed E-state index contributed by atoms with van der Waals surface area (Å²) in [7, 11) is 1.80. The Hall–Kier alpha value is -0.900. The molecular formula is C18H30N2O. The summed E-state index contributed by atoms with van der Waals surface area (Å²) in [6.45, 7) is 7.57. The summed E-state index contributed by atoms with van der Waals surface area (Å²) in [4.78, 5) is 2.53. The molecule has 1 aliphatic heterocycles. The van der Waals surface area contributed by atoms with E-state index in [9.17, 15) is 0 Å². The van der Waals surface area contributed by atoms with Gasteiger partial charge in [-0.3, -0.25) is 4.90 Å². The molecule has 1 aromatic carbocycles. The maximum atomic E-state index is 6.51. The van der Waals surface area contributed by atoms with Crippen LogP contribution in [0.1, 0.15) is 43.9 Å². The minimum Gasteiger partial charge on any atom is -0.384 e. The molecule has 2 N–H and O–H groups in total. The molecule has 0 aromatic heterocycles. The normalized spacial score (nSPS) is 23.0. The molecule has 3 unspecified atom stereocenters. The lowest BCUT2D eigenvalue weighted by molar-refractivity contribution is 0.0656. The van der Waals surface area contributed by atoms with Crippen molar-refractivity contribution >= 4 is 0 Å². The van der Waals surface area contributed by atoms with Gasteiger partial charge in [0.25, 0.3) is 0 Å². The van der Waals surface area contributed by atoms with E-state index in [0.717, 1.165) is 26.1 Å². The number of aryl methyl sites for hydroxylation is 1. The van der Waals surface area contributed by atoms with Gasteiger partial charge < -0.3 is 10.5 Å². The van der Waals surface area contributed by atoms with Crippen LogP contribution in [-0.4, -0.2) is 37.7 Å². The Labute approximate surface area is 129 Å². The molecule has 1 saturated heterocycles. The molecule has 0 radical (unpaired) electrons. The molecule has 1 aliphatic rings. The lowest BCUT2D eigenvalue weighted by Crippen LogP contribution is -2.46. The zero-order chi connectivity index (χ0) is 15.2. The van der Waals surface area contributed by atoms with Crippen LogP contribution in [0.4, 0.5) is 0 Å². The molecule has 118 valence electrons. The van der Waals surface area contributed by atoms with E-state index in [4.69, 9.17) is 10.5 Å². The van der Waals surface area contributed by atoms with Gasteiger partial charge in [0, 0.05) is 25.7 Å². The van der Waals surface area contributed by atoms with Crippen LogP contribution in [0, 0.1) is 5.92 Å². The second-order valence-electron chi connectivity index (χ2n) is 6.32. The fourth-order valence-corrected chi connectivity index (χ4v) is 3.32. The molecule has 2 rings (SSSR count). The first-order valence-corrected chi connectivity index (χ1v) is 8.23. The van der Waals surface area contributed by atoms with E-state index in [1.54, 1.807) is 7.11 Å². The monoisotopic (exact) mass is 290 g/mol. The summed E-state index contributed by atoms with van der Waals surface area (Å²) in [5, 5.41) is 0. The molecule has 1 heterocycles. The van der Waals surface area contributed by atoms with Crippen molar-refractivity contribution in [3.05, 3.63) is 35.4 Å². The number of nitrogens with two attached hydrogens (primary N) is 1. The SMILES string of the molecule is CCc1ccc(C(N)C(C)N2CCCC(COC)C2)cc1. The molecule has 0 amide bonds. The number of rotatable bonds is 6. The zero-order valence-electron chi connectivity index (χ0n) is 13.7. The van der Waals surface area contributed by atoms with Crippen LogP contribution in [0.5, 0.6) is 0 Å². The minimum absolute atomic E-state index is 0.0807. The number of hydrogen-bond donors (Lipinski definition) is 1. The number of piperidine rings is 1. The van der Waals surface area contributed by atoms with Crippen molar-refractivity contribution in [3.63, 3.8) is 0 Å². The Morgan fingerprint density at radius 1 is 1.33 bits per heavy atom. The van der Waals surface area contributed by atoms with Gasteiger partial charge in [0.15, 0.2) is 0 Å². The van der Waals surface area contributed by atoms with E-state index in [1.807, 2.05) is 0 Å². The molecule has 0 saturated carbocycles. The van der Waals surface area contributed by atoms with E-state index in [1.165, 1.54) is 24.0 Å². The topological polar surface area (TPSA) is 38.5 Å². The third-order valence-corrected chi connectivity index (χ3v) is 4.82. The van der Waals surface area contributed by atoms with E-state index in [0.29, 0.717) is 12.0 Å². The lowest BCUT2D eigenvalue weighted by atomic mass is 9.93. The molecular weight excluding hydrogens is 260 g/mol. The molecule has 3 nitrogen and oxygen atoms in total. The van der Waals surface area contributed by atoms with Gasteiger partial charge in [-0.15, -0.1) is 0 Å². The number of nitrogens with zero attached hydrogens (tertiary/aromatic N) is 1. The zero-order valence-corrected chi connectivity index (χ0v) is 13.7. The second-order valence-corrected chi connectivity index (χ2v) is 6.32. The molecule has 21 heavy (non-hydrogen) atoms. The van der Waals surface area contributed by atoms with Crippen molar-refractivity contribution in [2.75, 3.05) is 26.8 Å². The van der Waals surface area contributed by atoms with Crippen molar-refractivity contribution in [1.29, 1.82) is 0 Å². The highest BCUT2D eigenvalue weighted by atomic mass is 16.5. The van der Waals surface area contributed by atoms with Gasteiger partial charge in [0.2, 0.25) is 0 Å². The van der Waals surface area contributed by atoms with Gasteiger partial charge in [0.1, 0.15) is 0 Å². The largest absolute Gasteiger partial charge is 0.384 e. The summed E-state index contributed by atoms with van der Waals surface area (Å²) in [5.74, 6) is 0.654. The predicted octanol–water partition coefficient (Wildman–Crippen LogP) is 3.00. The van der Waals surface area contributed by atoms with Gasteiger partial charge in [-0.05, 0) is 49.8 Å². The van der Waals surface area contributed by atoms with Crippen LogP contribution >= 0.6 is 0 Å². The highest BCUT2D eigenvalue weighted by Gasteiger charge is 2.27. The highest BCUT2D eigenvalue weighted by Crippen LogP contribution is 2.24. The summed E-state index contributed by atoms with van der Waals surface area (Å²) in [6, 6.07) is 9.24. The predicted molar refractivity (Wildman–Crippen MR) is 88.4 cm³/mol. The fraction of sp³-hybridized carbons (Fsp3) is 0.667. The van der Waals surface area contributed by atoms with Crippen LogP contribution in [0.25, 0.3) is 0 Å². The Bertz CT molecular complexity index is 416. The van der Waals surface area contributed by atoms with Crippen molar-refractivity contribution in [2.24, 2.45) is 11.7 Å². The van der Waals surface area contributed by atoms with E-state index >= 15 is 0 Å². The summed E-state index contributed by atoms with van der Waals surface area (Å²) >= 11 is 0. The van der Waals surface area contributed by atoms with Gasteiger partial charge in [-0.1, -0.05) is 31.2 Å². The lowest BCUT2D eigenvalue weighted by Gasteiger charge is -2.39. The smallest absolute Gasteiger partial charge is 0.0502 e. The first-order chi connectivity index (χ1) is 10.2. The average molecular weight is 290 g/mol. The first-order valence-electron chi connectivity index (χ1n) is 8.23.